The maximum Gasteiger partial charge on any atom is 0.244 e. The number of likely N-dealkylation sites (N-methyl/N-ethyl adjacent to an activating group) is 1. The Hall–Kier alpha value is -1.34. The van der Waals surface area contributed by atoms with E-state index in [1.165, 1.54) is 0 Å². The van der Waals surface area contributed by atoms with Crippen LogP contribution < -0.4 is 16.4 Å². The van der Waals surface area contributed by atoms with Crippen molar-refractivity contribution in [2.24, 2.45) is 5.73 Å². The summed E-state index contributed by atoms with van der Waals surface area (Å²) in [7, 11) is 1.64. The fourth-order valence-corrected chi connectivity index (χ4v) is 2.77. The molecule has 142 valence electrons. The van der Waals surface area contributed by atoms with E-state index in [9.17, 15) is 9.59 Å². The van der Waals surface area contributed by atoms with Crippen LogP contribution in [0.1, 0.15) is 25.3 Å². The number of halogens is 2. The molecule has 0 aliphatic carbocycles. The molecule has 1 saturated heterocycles. The van der Waals surface area contributed by atoms with Crippen molar-refractivity contribution >= 4 is 36.6 Å². The van der Waals surface area contributed by atoms with Crippen LogP contribution in [-0.2, 0) is 15.1 Å². The Morgan fingerprint density at radius 2 is 1.76 bits per heavy atom. The third kappa shape index (κ3) is 6.47. The van der Waals surface area contributed by atoms with Gasteiger partial charge in [0.05, 0.1) is 6.54 Å². The molecule has 1 heterocycles. The average Bonchev–Trinajstić information content (AvgIpc) is 2.57. The number of piperidine rings is 1. The normalized spacial score (nSPS) is 17.4. The standard InChI is InChI=1S/C17H26N4O2.2ClH/c1-17(18,13-6-4-3-5-7-13)16(23)20-14-8-10-21(11-9-14)12-15(22)19-2;;/h3-7,14H,8-12,18H2,1-2H3,(H,19,22)(H,20,23);2*1H. The lowest BCUT2D eigenvalue weighted by Crippen LogP contribution is -2.54. The molecule has 8 heteroatoms. The minimum Gasteiger partial charge on any atom is -0.358 e. The van der Waals surface area contributed by atoms with Gasteiger partial charge in [-0.1, -0.05) is 30.3 Å². The van der Waals surface area contributed by atoms with Crippen LogP contribution in [0.15, 0.2) is 30.3 Å². The molecule has 0 aromatic heterocycles. The third-order valence-corrected chi connectivity index (χ3v) is 4.41. The second-order valence-electron chi connectivity index (χ2n) is 6.27. The Balaban J connectivity index is 0.00000288. The predicted molar refractivity (Wildman–Crippen MR) is 104 cm³/mol. The van der Waals surface area contributed by atoms with Crippen molar-refractivity contribution < 1.29 is 9.59 Å². The number of nitrogens with one attached hydrogen (secondary N) is 2. The van der Waals surface area contributed by atoms with Crippen LogP contribution in [0, 0.1) is 0 Å². The monoisotopic (exact) mass is 390 g/mol. The zero-order valence-electron chi connectivity index (χ0n) is 14.7. The molecule has 0 saturated carbocycles. The van der Waals surface area contributed by atoms with Gasteiger partial charge in [0.25, 0.3) is 0 Å². The lowest BCUT2D eigenvalue weighted by Gasteiger charge is -2.34. The van der Waals surface area contributed by atoms with E-state index in [-0.39, 0.29) is 42.7 Å². The van der Waals surface area contributed by atoms with Crippen LogP contribution in [0.2, 0.25) is 0 Å². The van der Waals surface area contributed by atoms with Gasteiger partial charge < -0.3 is 16.4 Å². The van der Waals surface area contributed by atoms with Crippen molar-refractivity contribution in [3.05, 3.63) is 35.9 Å². The largest absolute Gasteiger partial charge is 0.358 e. The predicted octanol–water partition coefficient (Wildman–Crippen LogP) is 1.03. The van der Waals surface area contributed by atoms with Crippen molar-refractivity contribution in [3.8, 4) is 0 Å². The van der Waals surface area contributed by atoms with Crippen LogP contribution >= 0.6 is 24.8 Å². The van der Waals surface area contributed by atoms with Crippen molar-refractivity contribution in [1.29, 1.82) is 0 Å². The summed E-state index contributed by atoms with van der Waals surface area (Å²) in [6, 6.07) is 9.50. The first-order valence-electron chi connectivity index (χ1n) is 8.02. The van der Waals surface area contributed by atoms with Gasteiger partial charge in [0.1, 0.15) is 5.54 Å². The number of likely N-dealkylation sites (tertiary alicyclic amines) is 1. The molecule has 1 aliphatic rings. The third-order valence-electron chi connectivity index (χ3n) is 4.41. The summed E-state index contributed by atoms with van der Waals surface area (Å²) in [6.07, 6.45) is 1.65. The van der Waals surface area contributed by atoms with Gasteiger partial charge in [-0.25, -0.2) is 0 Å². The molecular formula is C17H28Cl2N4O2. The number of nitrogens with two attached hydrogens (primary N) is 1. The number of nitrogens with zero attached hydrogens (tertiary/aromatic N) is 1. The molecule has 2 rings (SSSR count). The quantitative estimate of drug-likeness (QED) is 0.700. The summed E-state index contributed by atoms with van der Waals surface area (Å²) in [6.45, 7) is 3.74. The minimum absolute atomic E-state index is 0. The molecule has 25 heavy (non-hydrogen) atoms. The highest BCUT2D eigenvalue weighted by Gasteiger charge is 2.32. The Bertz CT molecular complexity index is 547. The van der Waals surface area contributed by atoms with Gasteiger partial charge in [0, 0.05) is 26.2 Å². The smallest absolute Gasteiger partial charge is 0.244 e. The van der Waals surface area contributed by atoms with Crippen molar-refractivity contribution in [1.82, 2.24) is 15.5 Å². The highest BCUT2D eigenvalue weighted by atomic mass is 35.5. The highest BCUT2D eigenvalue weighted by Crippen LogP contribution is 2.19. The van der Waals surface area contributed by atoms with Gasteiger partial charge in [-0.2, -0.15) is 0 Å². The minimum atomic E-state index is -1.04. The topological polar surface area (TPSA) is 87.5 Å². The zero-order chi connectivity index (χ0) is 16.9. The number of carbonyl (C=O) groups is 2. The van der Waals surface area contributed by atoms with Crippen LogP contribution in [0.5, 0.6) is 0 Å². The number of benzene rings is 1. The number of hydrogen-bond acceptors (Lipinski definition) is 4. The molecular weight excluding hydrogens is 363 g/mol. The van der Waals surface area contributed by atoms with Crippen molar-refractivity contribution in [2.45, 2.75) is 31.3 Å². The molecule has 2 amide bonds. The lowest BCUT2D eigenvalue weighted by atomic mass is 9.91. The molecule has 0 bridgehead atoms. The lowest BCUT2D eigenvalue weighted by molar-refractivity contribution is -0.127. The number of rotatable bonds is 5. The van der Waals surface area contributed by atoms with Crippen molar-refractivity contribution in [2.75, 3.05) is 26.7 Å². The van der Waals surface area contributed by atoms with Gasteiger partial charge >= 0.3 is 0 Å². The first-order chi connectivity index (χ1) is 10.9. The Kier molecular flexibility index (Phi) is 10.0. The molecule has 1 aliphatic heterocycles. The Labute approximate surface area is 161 Å². The van der Waals surface area contributed by atoms with E-state index in [4.69, 9.17) is 5.73 Å². The summed E-state index contributed by atoms with van der Waals surface area (Å²) in [5.74, 6) is -0.139. The molecule has 4 N–H and O–H groups in total. The Morgan fingerprint density at radius 1 is 1.20 bits per heavy atom. The van der Waals surface area contributed by atoms with Crippen LogP contribution in [0.3, 0.4) is 0 Å². The van der Waals surface area contributed by atoms with Crippen LogP contribution in [0.4, 0.5) is 0 Å². The Morgan fingerprint density at radius 3 is 2.28 bits per heavy atom. The first-order valence-corrected chi connectivity index (χ1v) is 8.02. The summed E-state index contributed by atoms with van der Waals surface area (Å²) < 4.78 is 0. The molecule has 1 atom stereocenters. The van der Waals surface area contributed by atoms with Crippen molar-refractivity contribution in [3.63, 3.8) is 0 Å². The maximum atomic E-state index is 12.5. The average molecular weight is 391 g/mol. The number of hydrogen-bond donors (Lipinski definition) is 3. The molecule has 1 aromatic carbocycles. The van der Waals surface area contributed by atoms with Gasteiger partial charge in [-0.05, 0) is 25.3 Å². The van der Waals surface area contributed by atoms with Gasteiger partial charge in [-0.15, -0.1) is 24.8 Å². The molecule has 0 radical (unpaired) electrons. The summed E-state index contributed by atoms with van der Waals surface area (Å²) in [5, 5.41) is 5.68. The van der Waals surface area contributed by atoms with Crippen LogP contribution in [-0.4, -0.2) is 49.4 Å². The molecule has 1 unspecified atom stereocenters. The first kappa shape index (κ1) is 23.7. The molecule has 6 nitrogen and oxygen atoms in total. The van der Waals surface area contributed by atoms with Crippen LogP contribution in [0.25, 0.3) is 0 Å². The maximum absolute atomic E-state index is 12.5. The van der Waals surface area contributed by atoms with E-state index in [1.807, 2.05) is 30.3 Å². The zero-order valence-corrected chi connectivity index (χ0v) is 16.3. The molecule has 0 spiro atoms. The van der Waals surface area contributed by atoms with Gasteiger partial charge in [0.15, 0.2) is 0 Å². The van der Waals surface area contributed by atoms with E-state index < -0.39 is 5.54 Å². The second-order valence-corrected chi connectivity index (χ2v) is 6.27. The summed E-state index contributed by atoms with van der Waals surface area (Å²) in [5.41, 5.74) is 5.99. The summed E-state index contributed by atoms with van der Waals surface area (Å²) >= 11 is 0. The molecule has 1 aromatic rings. The van der Waals surface area contributed by atoms with E-state index in [1.54, 1.807) is 14.0 Å². The number of amides is 2. The van der Waals surface area contributed by atoms with Gasteiger partial charge in [-0.3, -0.25) is 14.5 Å². The SMILES string of the molecule is CNC(=O)CN1CCC(NC(=O)C(C)(N)c2ccccc2)CC1.Cl.Cl. The van der Waals surface area contributed by atoms with E-state index in [2.05, 4.69) is 15.5 Å². The summed E-state index contributed by atoms with van der Waals surface area (Å²) in [4.78, 5) is 26.0. The highest BCUT2D eigenvalue weighted by molar-refractivity contribution is 5.87. The molecule has 1 fully saturated rings. The fraction of sp³-hybridized carbons (Fsp3) is 0.529. The van der Waals surface area contributed by atoms with Gasteiger partial charge in [0.2, 0.25) is 11.8 Å². The van der Waals surface area contributed by atoms with E-state index in [0.29, 0.717) is 6.54 Å². The second kappa shape index (κ2) is 10.6. The fourth-order valence-electron chi connectivity index (χ4n) is 2.77. The van der Waals surface area contributed by atoms with E-state index >= 15 is 0 Å². The number of carbonyl (C=O) groups excluding carboxylic acids is 2. The van der Waals surface area contributed by atoms with E-state index in [0.717, 1.165) is 31.5 Å².